The minimum atomic E-state index is -1.52. The topological polar surface area (TPSA) is 247 Å². The highest BCUT2D eigenvalue weighted by atomic mass is 16.6. The summed E-state index contributed by atoms with van der Waals surface area (Å²) in [5, 5.41) is 54.8. The van der Waals surface area contributed by atoms with E-state index in [4.69, 9.17) is 0 Å². The number of non-ortho nitro benzene ring substituents is 2. The van der Waals surface area contributed by atoms with Gasteiger partial charge in [-0.25, -0.2) is 9.97 Å². The molecule has 0 saturated heterocycles. The van der Waals surface area contributed by atoms with Crippen molar-refractivity contribution in [2.24, 2.45) is 10.2 Å². The summed E-state index contributed by atoms with van der Waals surface area (Å²) >= 11 is 0. The number of nitrogens with zero attached hydrogens (tertiary/aromatic N) is 7. The van der Waals surface area contributed by atoms with Gasteiger partial charge in [0.2, 0.25) is 0 Å². The van der Waals surface area contributed by atoms with Gasteiger partial charge in [-0.2, -0.15) is 10.2 Å². The molecule has 0 unspecified atom stereocenters. The monoisotopic (exact) mass is 736 g/mol. The first-order valence-corrected chi connectivity index (χ1v) is 16.5. The number of rotatable bonds is 12. The SMILES string of the molecule is O=c1[nH]c2cc([N+](=O)[O-])ccc2nc1/C(=N/Nc1ccccc1)[C@@H](O)c1ccc([C@@H](O)/C(=N\Nc2ccccc2)c2cnc3cc([N+](=O)[O-])ccc3n2)cc1. The summed E-state index contributed by atoms with van der Waals surface area (Å²) in [5.74, 6) is 0. The van der Waals surface area contributed by atoms with Gasteiger partial charge in [-0.1, -0.05) is 60.7 Å². The minimum absolute atomic E-state index is 0.0753. The van der Waals surface area contributed by atoms with E-state index in [1.165, 1.54) is 54.7 Å². The van der Waals surface area contributed by atoms with E-state index in [9.17, 15) is 35.2 Å². The predicted octanol–water partition coefficient (Wildman–Crippen LogP) is 5.78. The van der Waals surface area contributed by atoms with Crippen LogP contribution in [0.15, 0.2) is 143 Å². The zero-order chi connectivity index (χ0) is 38.5. The Kier molecular flexibility index (Phi) is 10.0. The molecule has 17 nitrogen and oxygen atoms in total. The van der Waals surface area contributed by atoms with Crippen LogP contribution in [0.3, 0.4) is 0 Å². The van der Waals surface area contributed by atoms with Crippen molar-refractivity contribution in [2.45, 2.75) is 12.2 Å². The van der Waals surface area contributed by atoms with Crippen molar-refractivity contribution in [3.8, 4) is 0 Å². The van der Waals surface area contributed by atoms with E-state index in [1.54, 1.807) is 60.7 Å². The maximum atomic E-state index is 13.3. The molecular formula is C38H28N10O7. The van der Waals surface area contributed by atoms with Crippen molar-refractivity contribution < 1.29 is 20.1 Å². The van der Waals surface area contributed by atoms with Gasteiger partial charge in [0.25, 0.3) is 16.9 Å². The minimum Gasteiger partial charge on any atom is -0.382 e. The molecule has 2 aromatic heterocycles. The molecule has 0 amide bonds. The van der Waals surface area contributed by atoms with Crippen LogP contribution in [0.2, 0.25) is 0 Å². The molecule has 2 heterocycles. The molecule has 5 aromatic carbocycles. The number of hydrogen-bond donors (Lipinski definition) is 5. The molecule has 0 bridgehead atoms. The zero-order valence-corrected chi connectivity index (χ0v) is 28.3. The normalized spacial score (nSPS) is 13.0. The summed E-state index contributed by atoms with van der Waals surface area (Å²) in [7, 11) is 0. The molecule has 7 rings (SSSR count). The molecule has 2 atom stereocenters. The maximum Gasteiger partial charge on any atom is 0.276 e. The van der Waals surface area contributed by atoms with Crippen LogP contribution in [0.1, 0.15) is 34.7 Å². The lowest BCUT2D eigenvalue weighted by molar-refractivity contribution is -0.384. The number of benzene rings is 5. The lowest BCUT2D eigenvalue weighted by Crippen LogP contribution is -2.26. The maximum absolute atomic E-state index is 13.3. The smallest absolute Gasteiger partial charge is 0.276 e. The fourth-order valence-corrected chi connectivity index (χ4v) is 5.55. The molecule has 272 valence electrons. The fourth-order valence-electron chi connectivity index (χ4n) is 5.55. The molecule has 0 fully saturated rings. The van der Waals surface area contributed by atoms with Crippen LogP contribution in [-0.4, -0.2) is 51.4 Å². The molecule has 0 aliphatic carbocycles. The Morgan fingerprint density at radius 2 is 1.18 bits per heavy atom. The molecular weight excluding hydrogens is 708 g/mol. The zero-order valence-electron chi connectivity index (χ0n) is 28.3. The van der Waals surface area contributed by atoms with Gasteiger partial charge in [-0.05, 0) is 47.5 Å². The third kappa shape index (κ3) is 7.87. The number of hydrogen-bond acceptors (Lipinski definition) is 14. The lowest BCUT2D eigenvalue weighted by atomic mass is 9.97. The average molecular weight is 737 g/mol. The Balaban J connectivity index is 1.23. The molecule has 0 radical (unpaired) electrons. The molecule has 0 aliphatic rings. The molecule has 0 saturated carbocycles. The molecule has 0 aliphatic heterocycles. The number of aromatic nitrogens is 4. The second-order valence-electron chi connectivity index (χ2n) is 12.0. The number of aromatic amines is 1. The van der Waals surface area contributed by atoms with Gasteiger partial charge in [0.15, 0.2) is 5.69 Å². The molecule has 5 N–H and O–H groups in total. The molecule has 7 aromatic rings. The highest BCUT2D eigenvalue weighted by Gasteiger charge is 2.25. The van der Waals surface area contributed by atoms with Crippen molar-refractivity contribution in [1.29, 1.82) is 0 Å². The van der Waals surface area contributed by atoms with Crippen LogP contribution in [0.5, 0.6) is 0 Å². The number of nitro groups is 2. The van der Waals surface area contributed by atoms with Crippen LogP contribution in [-0.2, 0) is 0 Å². The summed E-state index contributed by atoms with van der Waals surface area (Å²) in [6.45, 7) is 0. The summed E-state index contributed by atoms with van der Waals surface area (Å²) in [6, 6.07) is 31.9. The first-order valence-electron chi connectivity index (χ1n) is 16.5. The second-order valence-corrected chi connectivity index (χ2v) is 12.0. The molecule has 0 spiro atoms. The van der Waals surface area contributed by atoms with E-state index in [0.29, 0.717) is 22.5 Å². The molecule has 17 heteroatoms. The first kappa shape index (κ1) is 35.6. The van der Waals surface area contributed by atoms with E-state index in [2.05, 4.69) is 41.0 Å². The lowest BCUT2D eigenvalue weighted by Gasteiger charge is -2.17. The van der Waals surface area contributed by atoms with Gasteiger partial charge in [0.05, 0.1) is 49.5 Å². The quantitative estimate of drug-likeness (QED) is 0.0569. The predicted molar refractivity (Wildman–Crippen MR) is 205 cm³/mol. The standard InChI is InChI=1S/C38H28N10O7/c49-36(33(45-43-24-7-3-1-4-8-24)32-21-39-30-19-26(47(52)53)15-17-28(30)40-32)22-11-13-23(14-12-22)37(50)34(46-44-25-9-5-2-6-10-25)35-38(51)42-31-20-27(48(54)55)16-18-29(31)41-35/h1-21,36-37,43-44,49-50H,(H,42,51)/b45-33-,46-34-/t36-,37+/m1/s1. The summed E-state index contributed by atoms with van der Waals surface area (Å²) in [5.41, 5.74) is 7.30. The number of H-pyrrole nitrogens is 1. The van der Waals surface area contributed by atoms with Crippen LogP contribution in [0, 0.1) is 20.2 Å². The van der Waals surface area contributed by atoms with Crippen molar-refractivity contribution in [1.82, 2.24) is 19.9 Å². The second kappa shape index (κ2) is 15.5. The average Bonchev–Trinajstić information content (AvgIpc) is 3.21. The third-order valence-corrected chi connectivity index (χ3v) is 8.37. The van der Waals surface area contributed by atoms with Gasteiger partial charge in [-0.3, -0.25) is 40.9 Å². The van der Waals surface area contributed by atoms with Crippen LogP contribution >= 0.6 is 0 Å². The Labute approximate surface area is 309 Å². The summed E-state index contributed by atoms with van der Waals surface area (Å²) in [6.07, 6.45) is -1.54. The van der Waals surface area contributed by atoms with E-state index in [-0.39, 0.29) is 56.3 Å². The van der Waals surface area contributed by atoms with Gasteiger partial charge < -0.3 is 15.2 Å². The number of nitrogens with one attached hydrogen (secondary N) is 3. The summed E-state index contributed by atoms with van der Waals surface area (Å²) < 4.78 is 0. The Bertz CT molecular complexity index is 2670. The van der Waals surface area contributed by atoms with E-state index >= 15 is 0 Å². The molecule has 55 heavy (non-hydrogen) atoms. The number of nitro benzene ring substituents is 2. The van der Waals surface area contributed by atoms with Gasteiger partial charge in [-0.15, -0.1) is 0 Å². The van der Waals surface area contributed by atoms with Crippen LogP contribution in [0.4, 0.5) is 22.7 Å². The number of aliphatic hydroxyl groups is 2. The number of anilines is 2. The highest BCUT2D eigenvalue weighted by molar-refractivity contribution is 6.05. The Morgan fingerprint density at radius 1 is 0.655 bits per heavy atom. The van der Waals surface area contributed by atoms with E-state index < -0.39 is 27.6 Å². The van der Waals surface area contributed by atoms with Crippen molar-refractivity contribution in [3.63, 3.8) is 0 Å². The first-order chi connectivity index (χ1) is 26.6. The van der Waals surface area contributed by atoms with E-state index in [0.717, 1.165) is 0 Å². The number of hydrazone groups is 2. The van der Waals surface area contributed by atoms with Crippen molar-refractivity contribution >= 4 is 56.2 Å². The largest absolute Gasteiger partial charge is 0.382 e. The fraction of sp³-hybridized carbons (Fsp3) is 0.0526. The van der Waals surface area contributed by atoms with Gasteiger partial charge in [0, 0.05) is 24.3 Å². The van der Waals surface area contributed by atoms with Crippen molar-refractivity contribution in [2.75, 3.05) is 10.9 Å². The third-order valence-electron chi connectivity index (χ3n) is 8.37. The van der Waals surface area contributed by atoms with Gasteiger partial charge in [0.1, 0.15) is 29.3 Å². The van der Waals surface area contributed by atoms with Crippen LogP contribution in [0.25, 0.3) is 22.1 Å². The summed E-state index contributed by atoms with van der Waals surface area (Å²) in [4.78, 5) is 50.7. The highest BCUT2D eigenvalue weighted by Crippen LogP contribution is 2.26. The Morgan fingerprint density at radius 3 is 1.76 bits per heavy atom. The van der Waals surface area contributed by atoms with E-state index in [1.807, 2.05) is 12.1 Å². The number of aliphatic hydroxyl groups excluding tert-OH is 2. The van der Waals surface area contributed by atoms with Crippen molar-refractivity contribution in [3.05, 3.63) is 181 Å². The Hall–Kier alpha value is -7.76. The number of para-hydroxylation sites is 2. The van der Waals surface area contributed by atoms with Gasteiger partial charge >= 0.3 is 0 Å². The van der Waals surface area contributed by atoms with Crippen LogP contribution < -0.4 is 16.4 Å². The number of fused-ring (bicyclic) bond motifs is 2.